The van der Waals surface area contributed by atoms with Gasteiger partial charge >= 0.3 is 11.7 Å². The Hall–Kier alpha value is -3.56. The molecule has 0 fully saturated rings. The maximum Gasteiger partial charge on any atom is 0.432 e. The Kier molecular flexibility index (Phi) is 11.2. The number of ether oxygens (including phenoxy) is 2. The molecule has 0 saturated carbocycles. The molecule has 0 saturated heterocycles. The first-order valence-corrected chi connectivity index (χ1v) is 12.4. The highest BCUT2D eigenvalue weighted by molar-refractivity contribution is 6.00. The molecule has 1 aromatic heterocycles. The highest BCUT2D eigenvalue weighted by atomic mass is 19.3. The van der Waals surface area contributed by atoms with Crippen LogP contribution in [-0.2, 0) is 11.2 Å². The molecule has 0 radical (unpaired) electrons. The van der Waals surface area contributed by atoms with E-state index < -0.39 is 47.6 Å². The lowest BCUT2D eigenvalue weighted by Gasteiger charge is -2.31. The van der Waals surface area contributed by atoms with Gasteiger partial charge < -0.3 is 19.0 Å². The number of hydrogen-bond donors (Lipinski definition) is 1. The quantitative estimate of drug-likeness (QED) is 0.185. The number of benzene rings is 1. The molecule has 0 aliphatic rings. The van der Waals surface area contributed by atoms with Crippen LogP contribution in [0.5, 0.6) is 11.5 Å². The average molecular weight is 536 g/mol. The summed E-state index contributed by atoms with van der Waals surface area (Å²) in [5.74, 6) is -1.24. The lowest BCUT2D eigenvalue weighted by atomic mass is 9.72. The number of nitrogens with zero attached hydrogens (tertiary/aromatic N) is 1. The second kappa shape index (κ2) is 13.8. The molecule has 1 aromatic carbocycles. The highest BCUT2D eigenvalue weighted by Gasteiger charge is 2.35. The van der Waals surface area contributed by atoms with Crippen LogP contribution in [0.25, 0.3) is 0 Å². The number of Topliss-reactive ketones (excluding diaryl/α,β-unsaturated/α-hetero) is 1. The van der Waals surface area contributed by atoms with Gasteiger partial charge in [-0.3, -0.25) is 4.79 Å². The molecule has 2 aromatic rings. The molecule has 208 valence electrons. The van der Waals surface area contributed by atoms with E-state index >= 15 is 0 Å². The van der Waals surface area contributed by atoms with Gasteiger partial charge in [0.1, 0.15) is 29.4 Å². The Labute approximate surface area is 220 Å². The summed E-state index contributed by atoms with van der Waals surface area (Å²) in [6.07, 6.45) is 0.426. The third kappa shape index (κ3) is 8.78. The third-order valence-corrected chi connectivity index (χ3v) is 6.55. The van der Waals surface area contributed by atoms with Gasteiger partial charge in [-0.1, -0.05) is 39.8 Å². The fraction of sp³-hybridized carbons (Fsp3) is 0.500. The number of halogens is 2. The van der Waals surface area contributed by atoms with Gasteiger partial charge in [0.15, 0.2) is 5.78 Å². The highest BCUT2D eigenvalue weighted by Crippen LogP contribution is 2.35. The number of ketones is 1. The minimum absolute atomic E-state index is 0.217. The fourth-order valence-electron chi connectivity index (χ4n) is 3.93. The number of carbonyl (C=O) groups is 2. The summed E-state index contributed by atoms with van der Waals surface area (Å²) >= 11 is 0. The van der Waals surface area contributed by atoms with Crippen molar-refractivity contribution >= 4 is 18.1 Å². The lowest BCUT2D eigenvalue weighted by molar-refractivity contribution is 0.0811. The van der Waals surface area contributed by atoms with Crippen molar-refractivity contribution in [2.24, 2.45) is 16.3 Å². The largest absolute Gasteiger partial charge is 0.507 e. The standard InChI is InChI=1S/C28H35F2NO7/c1-17(8-6-7-13-31-27(35)36-5)22-14-21(32)24(26(34)38-22)25(33)18(2)28(3,4)15-19-9-11-20(12-10-19)37-16-23(29)30/h9-14,17-18,23,32H,6-8,15-16H2,1-5H3. The van der Waals surface area contributed by atoms with Crippen molar-refractivity contribution in [3.63, 3.8) is 0 Å². The molecule has 1 amide bonds. The Morgan fingerprint density at radius 3 is 2.42 bits per heavy atom. The van der Waals surface area contributed by atoms with Crippen LogP contribution in [0.15, 0.2) is 44.5 Å². The second-order valence-corrected chi connectivity index (χ2v) is 9.91. The van der Waals surface area contributed by atoms with Crippen molar-refractivity contribution in [1.82, 2.24) is 0 Å². The summed E-state index contributed by atoms with van der Waals surface area (Å²) in [6, 6.07) is 7.96. The Morgan fingerprint density at radius 1 is 1.18 bits per heavy atom. The summed E-state index contributed by atoms with van der Waals surface area (Å²) in [5.41, 5.74) is -1.04. The smallest absolute Gasteiger partial charge is 0.432 e. The zero-order valence-electron chi connectivity index (χ0n) is 22.3. The predicted octanol–water partition coefficient (Wildman–Crippen LogP) is 6.19. The molecular formula is C28H35F2NO7. The number of alkyl halides is 2. The van der Waals surface area contributed by atoms with Gasteiger partial charge in [-0.05, 0) is 48.8 Å². The summed E-state index contributed by atoms with van der Waals surface area (Å²) in [6.45, 7) is 6.57. The molecule has 1 heterocycles. The average Bonchev–Trinajstić information content (AvgIpc) is 2.86. The number of carbonyl (C=O) groups excluding carboxylic acids is 2. The number of aromatic hydroxyl groups is 1. The van der Waals surface area contributed by atoms with Gasteiger partial charge in [-0.2, -0.15) is 4.99 Å². The Morgan fingerprint density at radius 2 is 1.84 bits per heavy atom. The van der Waals surface area contributed by atoms with Crippen LogP contribution < -0.4 is 10.4 Å². The van der Waals surface area contributed by atoms with E-state index in [0.29, 0.717) is 31.4 Å². The molecule has 0 aliphatic heterocycles. The van der Waals surface area contributed by atoms with Crippen LogP contribution in [0.3, 0.4) is 0 Å². The number of rotatable bonds is 13. The van der Waals surface area contributed by atoms with Crippen LogP contribution in [0.1, 0.15) is 74.6 Å². The molecule has 0 spiro atoms. The Balaban J connectivity index is 2.07. The van der Waals surface area contributed by atoms with Gasteiger partial charge in [0.2, 0.25) is 0 Å². The van der Waals surface area contributed by atoms with Crippen LogP contribution in [-0.4, -0.2) is 43.3 Å². The minimum atomic E-state index is -2.56. The van der Waals surface area contributed by atoms with Crippen molar-refractivity contribution in [2.45, 2.75) is 65.7 Å². The summed E-state index contributed by atoms with van der Waals surface area (Å²) < 4.78 is 39.5. The molecular weight excluding hydrogens is 500 g/mol. The minimum Gasteiger partial charge on any atom is -0.507 e. The van der Waals surface area contributed by atoms with E-state index in [-0.39, 0.29) is 17.2 Å². The van der Waals surface area contributed by atoms with Crippen LogP contribution >= 0.6 is 0 Å². The van der Waals surface area contributed by atoms with E-state index in [0.717, 1.165) is 5.56 Å². The molecule has 2 rings (SSSR count). The van der Waals surface area contributed by atoms with Crippen molar-refractivity contribution in [3.8, 4) is 11.5 Å². The van der Waals surface area contributed by atoms with E-state index in [1.807, 2.05) is 20.8 Å². The molecule has 1 N–H and O–H groups in total. The van der Waals surface area contributed by atoms with Crippen molar-refractivity contribution in [2.75, 3.05) is 13.7 Å². The first-order chi connectivity index (χ1) is 17.9. The van der Waals surface area contributed by atoms with Gasteiger partial charge in [-0.25, -0.2) is 18.4 Å². The molecule has 0 aliphatic carbocycles. The lowest BCUT2D eigenvalue weighted by Crippen LogP contribution is -2.33. The Bertz CT molecular complexity index is 1170. The molecule has 2 unspecified atom stereocenters. The number of unbranched alkanes of at least 4 members (excludes halogenated alkanes) is 1. The summed E-state index contributed by atoms with van der Waals surface area (Å²) in [4.78, 5) is 40.6. The fourth-order valence-corrected chi connectivity index (χ4v) is 3.93. The first kappa shape index (κ1) is 30.7. The first-order valence-electron chi connectivity index (χ1n) is 12.4. The SMILES string of the molecule is COC(=O)N=CCCCC(C)c1cc(O)c(C(=O)C(C)C(C)(C)Cc2ccc(OCC(F)F)cc2)c(=O)o1. The molecule has 2 atom stereocenters. The maximum absolute atomic E-state index is 13.3. The van der Waals surface area contributed by atoms with Crippen LogP contribution in [0.2, 0.25) is 0 Å². The number of aliphatic imine (C=N–C) groups is 1. The summed E-state index contributed by atoms with van der Waals surface area (Å²) in [7, 11) is 1.24. The number of hydrogen-bond acceptors (Lipinski definition) is 7. The zero-order chi connectivity index (χ0) is 28.5. The van der Waals surface area contributed by atoms with E-state index in [9.17, 15) is 28.3 Å². The third-order valence-electron chi connectivity index (χ3n) is 6.55. The van der Waals surface area contributed by atoms with Gasteiger partial charge in [0.05, 0.1) is 7.11 Å². The van der Waals surface area contributed by atoms with Crippen molar-refractivity contribution in [1.29, 1.82) is 0 Å². The van der Waals surface area contributed by atoms with Crippen molar-refractivity contribution in [3.05, 3.63) is 57.6 Å². The van der Waals surface area contributed by atoms with E-state index in [1.54, 1.807) is 31.2 Å². The van der Waals surface area contributed by atoms with Crippen LogP contribution in [0, 0.1) is 11.3 Å². The topological polar surface area (TPSA) is 115 Å². The molecule has 10 heteroatoms. The van der Waals surface area contributed by atoms with Crippen molar-refractivity contribution < 1.29 is 37.4 Å². The molecule has 8 nitrogen and oxygen atoms in total. The number of amides is 1. The molecule has 38 heavy (non-hydrogen) atoms. The zero-order valence-corrected chi connectivity index (χ0v) is 22.3. The van der Waals surface area contributed by atoms with E-state index in [1.165, 1.54) is 19.4 Å². The monoisotopic (exact) mass is 535 g/mol. The second-order valence-electron chi connectivity index (χ2n) is 9.91. The van der Waals surface area contributed by atoms with Crippen LogP contribution in [0.4, 0.5) is 13.6 Å². The van der Waals surface area contributed by atoms with Gasteiger partial charge in [-0.15, -0.1) is 0 Å². The van der Waals surface area contributed by atoms with Gasteiger partial charge in [0, 0.05) is 24.1 Å². The van der Waals surface area contributed by atoms with E-state index in [2.05, 4.69) is 9.73 Å². The predicted molar refractivity (Wildman–Crippen MR) is 139 cm³/mol. The maximum atomic E-state index is 13.3. The van der Waals surface area contributed by atoms with Gasteiger partial charge in [0.25, 0.3) is 6.43 Å². The molecule has 0 bridgehead atoms. The summed E-state index contributed by atoms with van der Waals surface area (Å²) in [5, 5.41) is 10.6. The normalized spacial score (nSPS) is 13.5. The number of methoxy groups -OCH3 is 1. The van der Waals surface area contributed by atoms with E-state index in [4.69, 9.17) is 9.15 Å².